The summed E-state index contributed by atoms with van der Waals surface area (Å²) in [5, 5.41) is 15.6. The van der Waals surface area contributed by atoms with Gasteiger partial charge in [-0.25, -0.2) is 18.7 Å². The standard InChI is InChI=1S/C4H4O4.2H3O4P/c5-3(6)1-2-4(7)8;2*1-5(2,3)4/h1-2H,(H,5,6)(H,7,8);2*(H3,1,2,3,4)/b2-1+;;. The van der Waals surface area contributed by atoms with Gasteiger partial charge >= 0.3 is 27.6 Å². The first kappa shape index (κ1) is 22.1. The normalized spacial score (nSPS) is 10.8. The first-order chi connectivity index (χ1) is 7.63. The van der Waals surface area contributed by atoms with Crippen molar-refractivity contribution in [2.45, 2.75) is 0 Å². The molecular weight excluding hydrogens is 302 g/mol. The predicted octanol–water partition coefficient (Wildman–Crippen LogP) is -2.15. The summed E-state index contributed by atoms with van der Waals surface area (Å²) in [4.78, 5) is 62.2. The Balaban J connectivity index is -0.000000197. The molecule has 0 spiro atoms. The van der Waals surface area contributed by atoms with Gasteiger partial charge in [0, 0.05) is 12.2 Å². The number of aliphatic carboxylic acids is 2. The van der Waals surface area contributed by atoms with Gasteiger partial charge in [-0.15, -0.1) is 0 Å². The minimum Gasteiger partial charge on any atom is -0.478 e. The molecule has 0 amide bonds. The molecule has 0 aromatic rings. The van der Waals surface area contributed by atoms with Gasteiger partial charge in [0.15, 0.2) is 0 Å². The maximum atomic E-state index is 9.55. The zero-order valence-corrected chi connectivity index (χ0v) is 10.0. The Morgan fingerprint density at radius 2 is 0.778 bits per heavy atom. The summed E-state index contributed by atoms with van der Waals surface area (Å²) in [7, 11) is -9.28. The highest BCUT2D eigenvalue weighted by Gasteiger charge is 2.00. The third-order valence-corrected chi connectivity index (χ3v) is 0.368. The summed E-state index contributed by atoms with van der Waals surface area (Å²) in [5.41, 5.74) is 0. The second-order valence-electron chi connectivity index (χ2n) is 2.04. The van der Waals surface area contributed by atoms with Crippen molar-refractivity contribution in [2.75, 3.05) is 0 Å². The molecule has 0 saturated carbocycles. The average molecular weight is 312 g/mol. The zero-order chi connectivity index (χ0) is 15.6. The van der Waals surface area contributed by atoms with E-state index >= 15 is 0 Å². The van der Waals surface area contributed by atoms with Crippen molar-refractivity contribution in [3.63, 3.8) is 0 Å². The van der Waals surface area contributed by atoms with Crippen LogP contribution in [0.25, 0.3) is 0 Å². The van der Waals surface area contributed by atoms with Gasteiger partial charge in [-0.3, -0.25) is 0 Å². The first-order valence-corrected chi connectivity index (χ1v) is 6.46. The predicted molar refractivity (Wildman–Crippen MR) is 52.9 cm³/mol. The molecule has 12 nitrogen and oxygen atoms in total. The van der Waals surface area contributed by atoms with Crippen molar-refractivity contribution < 1.29 is 58.3 Å². The van der Waals surface area contributed by atoms with Crippen LogP contribution in [0, 0.1) is 0 Å². The van der Waals surface area contributed by atoms with Gasteiger partial charge in [-0.1, -0.05) is 0 Å². The second kappa shape index (κ2) is 9.88. The Kier molecular flexibility index (Phi) is 12.1. The van der Waals surface area contributed by atoms with E-state index in [0.717, 1.165) is 0 Å². The number of phosphoric acid groups is 2. The molecule has 0 atom stereocenters. The molecular formula is C4H10O12P2. The van der Waals surface area contributed by atoms with Crippen LogP contribution in [0.15, 0.2) is 12.2 Å². The molecule has 0 radical (unpaired) electrons. The van der Waals surface area contributed by atoms with Gasteiger partial charge in [-0.2, -0.15) is 0 Å². The van der Waals surface area contributed by atoms with Crippen LogP contribution in [0.4, 0.5) is 0 Å². The van der Waals surface area contributed by atoms with E-state index in [4.69, 9.17) is 48.7 Å². The molecule has 0 aliphatic heterocycles. The number of hydrogen-bond donors (Lipinski definition) is 8. The fourth-order valence-electron chi connectivity index (χ4n) is 0.143. The Labute approximate surface area is 98.9 Å². The van der Waals surface area contributed by atoms with Crippen molar-refractivity contribution in [3.8, 4) is 0 Å². The Bertz CT molecular complexity index is 319. The number of carboxylic acid groups (broad SMARTS) is 2. The molecule has 14 heteroatoms. The van der Waals surface area contributed by atoms with E-state index in [1.165, 1.54) is 0 Å². The van der Waals surface area contributed by atoms with Gasteiger partial charge in [0.1, 0.15) is 0 Å². The summed E-state index contributed by atoms with van der Waals surface area (Å²) >= 11 is 0. The largest absolute Gasteiger partial charge is 0.478 e. The van der Waals surface area contributed by atoms with Crippen molar-refractivity contribution in [2.24, 2.45) is 0 Å². The summed E-state index contributed by atoms with van der Waals surface area (Å²) in [5.74, 6) is -2.51. The Hall–Kier alpha value is -1.10. The van der Waals surface area contributed by atoms with Crippen molar-refractivity contribution >= 4 is 27.6 Å². The highest BCUT2D eigenvalue weighted by molar-refractivity contribution is 7.45. The van der Waals surface area contributed by atoms with E-state index in [9.17, 15) is 9.59 Å². The molecule has 0 heterocycles. The van der Waals surface area contributed by atoms with Gasteiger partial charge < -0.3 is 39.6 Å². The van der Waals surface area contributed by atoms with Crippen molar-refractivity contribution in [1.29, 1.82) is 0 Å². The Morgan fingerprint density at radius 1 is 0.667 bits per heavy atom. The number of carboxylic acids is 2. The van der Waals surface area contributed by atoms with Gasteiger partial charge in [0.05, 0.1) is 0 Å². The molecule has 0 bridgehead atoms. The lowest BCUT2D eigenvalue weighted by molar-refractivity contribution is -0.134. The van der Waals surface area contributed by atoms with E-state index in [0.29, 0.717) is 12.2 Å². The minimum absolute atomic E-state index is 0.558. The number of carbonyl (C=O) groups is 2. The summed E-state index contributed by atoms with van der Waals surface area (Å²) < 4.78 is 17.8. The van der Waals surface area contributed by atoms with Crippen LogP contribution in [0.5, 0.6) is 0 Å². The maximum absolute atomic E-state index is 9.55. The molecule has 0 unspecified atom stereocenters. The lowest BCUT2D eigenvalue weighted by atomic mass is 10.5. The van der Waals surface area contributed by atoms with Gasteiger partial charge in [0.25, 0.3) is 0 Å². The molecule has 0 rings (SSSR count). The first-order valence-electron chi connectivity index (χ1n) is 3.33. The van der Waals surface area contributed by atoms with Gasteiger partial charge in [0.2, 0.25) is 0 Å². The van der Waals surface area contributed by atoms with E-state index in [2.05, 4.69) is 0 Å². The molecule has 0 aliphatic carbocycles. The molecule has 108 valence electrons. The van der Waals surface area contributed by atoms with E-state index < -0.39 is 27.6 Å². The fourth-order valence-corrected chi connectivity index (χ4v) is 0.143. The summed E-state index contributed by atoms with van der Waals surface area (Å²) in [6.07, 6.45) is 1.12. The topological polar surface area (TPSA) is 230 Å². The van der Waals surface area contributed by atoms with Crippen LogP contribution in [-0.2, 0) is 18.7 Å². The van der Waals surface area contributed by atoms with Crippen LogP contribution in [0.3, 0.4) is 0 Å². The summed E-state index contributed by atoms with van der Waals surface area (Å²) in [6, 6.07) is 0. The third kappa shape index (κ3) is 189. The monoisotopic (exact) mass is 312 g/mol. The van der Waals surface area contributed by atoms with Crippen LogP contribution in [-0.4, -0.2) is 51.5 Å². The minimum atomic E-state index is -4.64. The lowest BCUT2D eigenvalue weighted by Crippen LogP contribution is -1.91. The van der Waals surface area contributed by atoms with Crippen molar-refractivity contribution in [1.82, 2.24) is 0 Å². The molecule has 8 N–H and O–H groups in total. The number of rotatable bonds is 2. The van der Waals surface area contributed by atoms with E-state index in [1.807, 2.05) is 0 Å². The third-order valence-electron chi connectivity index (χ3n) is 0.368. The average Bonchev–Trinajstić information content (AvgIpc) is 1.93. The molecule has 0 aromatic heterocycles. The molecule has 0 fully saturated rings. The maximum Gasteiger partial charge on any atom is 0.466 e. The zero-order valence-electron chi connectivity index (χ0n) is 8.26. The van der Waals surface area contributed by atoms with Crippen LogP contribution in [0.1, 0.15) is 0 Å². The SMILES string of the molecule is O=C(O)/C=C/C(=O)O.O=P(O)(O)O.O=P(O)(O)O. The van der Waals surface area contributed by atoms with E-state index in [1.54, 1.807) is 0 Å². The fraction of sp³-hybridized carbons (Fsp3) is 0. The summed E-state index contributed by atoms with van der Waals surface area (Å²) in [6.45, 7) is 0. The van der Waals surface area contributed by atoms with Crippen LogP contribution >= 0.6 is 15.6 Å². The van der Waals surface area contributed by atoms with Crippen LogP contribution < -0.4 is 0 Å². The molecule has 0 aliphatic rings. The highest BCUT2D eigenvalue weighted by Crippen LogP contribution is 2.26. The molecule has 0 aromatic carbocycles. The smallest absolute Gasteiger partial charge is 0.466 e. The van der Waals surface area contributed by atoms with Crippen LogP contribution in [0.2, 0.25) is 0 Å². The lowest BCUT2D eigenvalue weighted by Gasteiger charge is -1.82. The second-order valence-corrected chi connectivity index (χ2v) is 4.09. The van der Waals surface area contributed by atoms with Crippen molar-refractivity contribution in [3.05, 3.63) is 12.2 Å². The van der Waals surface area contributed by atoms with Gasteiger partial charge in [-0.05, 0) is 0 Å². The van der Waals surface area contributed by atoms with E-state index in [-0.39, 0.29) is 0 Å². The molecule has 0 saturated heterocycles. The quantitative estimate of drug-likeness (QED) is 0.201. The molecule has 18 heavy (non-hydrogen) atoms. The highest BCUT2D eigenvalue weighted by atomic mass is 31.2. The number of hydrogen-bond acceptors (Lipinski definition) is 4. The Morgan fingerprint density at radius 3 is 0.833 bits per heavy atom.